The number of furan rings is 1. The van der Waals surface area contributed by atoms with Crippen molar-refractivity contribution in [3.63, 3.8) is 0 Å². The smallest absolute Gasteiger partial charge is 0.332 e. The molecule has 0 unspecified atom stereocenters. The molecule has 1 aliphatic carbocycles. The first kappa shape index (κ1) is 17.7. The van der Waals surface area contributed by atoms with E-state index in [4.69, 9.17) is 10.2 Å². The Hall–Kier alpha value is -3.16. The molecule has 26 heavy (non-hydrogen) atoms. The Morgan fingerprint density at radius 3 is 2.77 bits per heavy atom. The number of hydrazone groups is 1. The zero-order valence-corrected chi connectivity index (χ0v) is 14.9. The summed E-state index contributed by atoms with van der Waals surface area (Å²) in [6.45, 7) is 5.95. The summed E-state index contributed by atoms with van der Waals surface area (Å²) in [5.74, 6) is 0.549. The van der Waals surface area contributed by atoms with Crippen LogP contribution >= 0.6 is 0 Å². The van der Waals surface area contributed by atoms with Crippen LogP contribution in [0, 0.1) is 12.3 Å². The molecule has 3 rings (SSSR count). The lowest BCUT2D eigenvalue weighted by Crippen LogP contribution is -2.31. The minimum Gasteiger partial charge on any atom is -0.455 e. The van der Waals surface area contributed by atoms with E-state index in [9.17, 15) is 9.59 Å². The molecule has 0 spiro atoms. The van der Waals surface area contributed by atoms with Crippen LogP contribution in [0.1, 0.15) is 47.7 Å². The summed E-state index contributed by atoms with van der Waals surface area (Å²) in [6.07, 6.45) is 4.48. The van der Waals surface area contributed by atoms with Crippen LogP contribution in [-0.2, 0) is 6.42 Å². The average Bonchev–Trinajstić information content (AvgIpc) is 2.89. The molecule has 2 heterocycles. The van der Waals surface area contributed by atoms with Gasteiger partial charge in [-0.05, 0) is 30.9 Å². The Bertz CT molecular complexity index is 884. The number of anilines is 1. The number of primary amides is 1. The van der Waals surface area contributed by atoms with Crippen molar-refractivity contribution in [2.75, 3.05) is 5.32 Å². The van der Waals surface area contributed by atoms with Gasteiger partial charge in [-0.25, -0.2) is 10.2 Å². The molecule has 0 saturated heterocycles. The monoisotopic (exact) mass is 355 g/mol. The van der Waals surface area contributed by atoms with Crippen molar-refractivity contribution in [3.05, 3.63) is 47.2 Å². The van der Waals surface area contributed by atoms with Crippen LogP contribution in [0.2, 0.25) is 0 Å². The maximum atomic E-state index is 12.6. The van der Waals surface area contributed by atoms with Gasteiger partial charge in [0.05, 0.1) is 17.6 Å². The number of rotatable bonds is 3. The number of nitrogens with two attached hydrogens (primary N) is 1. The van der Waals surface area contributed by atoms with Crippen LogP contribution in [-0.4, -0.2) is 22.6 Å². The van der Waals surface area contributed by atoms with Gasteiger partial charge in [-0.15, -0.1) is 0 Å². The third kappa shape index (κ3) is 3.58. The Balaban J connectivity index is 1.97. The maximum absolute atomic E-state index is 12.6. The summed E-state index contributed by atoms with van der Waals surface area (Å²) >= 11 is 0. The number of carbonyl (C=O) groups is 2. The standard InChI is InChI=1S/C18H21N5O3/c1-10-14-12(22-23-17(19)25)7-18(2,3)8-13(14)26-15(10)16(24)21-11-5-4-6-20-9-11/h4-6,9H,7-8H2,1-3H3,(H,21,24)(H3,19,23,25)/b22-12-. The highest BCUT2D eigenvalue weighted by Gasteiger charge is 2.36. The molecule has 0 bridgehead atoms. The first-order valence-corrected chi connectivity index (χ1v) is 8.23. The predicted octanol–water partition coefficient (Wildman–Crippen LogP) is 2.58. The molecule has 8 heteroatoms. The van der Waals surface area contributed by atoms with Gasteiger partial charge in [0.15, 0.2) is 5.76 Å². The van der Waals surface area contributed by atoms with Crippen LogP contribution in [0.15, 0.2) is 34.0 Å². The van der Waals surface area contributed by atoms with Crippen LogP contribution in [0.3, 0.4) is 0 Å². The minimum atomic E-state index is -0.738. The van der Waals surface area contributed by atoms with Crippen LogP contribution in [0.25, 0.3) is 0 Å². The molecule has 4 N–H and O–H groups in total. The van der Waals surface area contributed by atoms with E-state index in [1.54, 1.807) is 31.5 Å². The Kier molecular flexibility index (Phi) is 4.50. The van der Waals surface area contributed by atoms with E-state index in [2.05, 4.69) is 34.7 Å². The second-order valence-electron chi connectivity index (χ2n) is 7.10. The van der Waals surface area contributed by atoms with Gasteiger partial charge >= 0.3 is 6.03 Å². The molecular formula is C18H21N5O3. The molecule has 0 radical (unpaired) electrons. The fraction of sp³-hybridized carbons (Fsp3) is 0.333. The highest BCUT2D eigenvalue weighted by Crippen LogP contribution is 2.38. The van der Waals surface area contributed by atoms with Crippen molar-refractivity contribution in [1.82, 2.24) is 10.4 Å². The molecule has 3 amide bonds. The van der Waals surface area contributed by atoms with E-state index in [1.165, 1.54) is 0 Å². The normalized spacial score (nSPS) is 16.8. The van der Waals surface area contributed by atoms with E-state index in [0.717, 1.165) is 5.56 Å². The number of carbonyl (C=O) groups excluding carboxylic acids is 2. The van der Waals surface area contributed by atoms with Gasteiger partial charge in [0, 0.05) is 23.7 Å². The third-order valence-corrected chi connectivity index (χ3v) is 4.22. The number of fused-ring (bicyclic) bond motifs is 1. The third-order valence-electron chi connectivity index (χ3n) is 4.22. The summed E-state index contributed by atoms with van der Waals surface area (Å²) < 4.78 is 5.89. The zero-order chi connectivity index (χ0) is 18.9. The molecule has 0 atom stereocenters. The van der Waals surface area contributed by atoms with E-state index >= 15 is 0 Å². The lowest BCUT2D eigenvalue weighted by Gasteiger charge is -2.29. The summed E-state index contributed by atoms with van der Waals surface area (Å²) in [5, 5.41) is 6.90. The average molecular weight is 355 g/mol. The number of hydrogen-bond acceptors (Lipinski definition) is 5. The fourth-order valence-electron chi connectivity index (χ4n) is 3.17. The Morgan fingerprint density at radius 1 is 1.35 bits per heavy atom. The number of nitrogens with zero attached hydrogens (tertiary/aromatic N) is 2. The number of hydrogen-bond donors (Lipinski definition) is 3. The molecule has 136 valence electrons. The Morgan fingerprint density at radius 2 is 2.12 bits per heavy atom. The van der Waals surface area contributed by atoms with Gasteiger partial charge < -0.3 is 15.5 Å². The summed E-state index contributed by atoms with van der Waals surface area (Å²) in [4.78, 5) is 27.6. The number of pyridine rings is 1. The number of nitrogens with one attached hydrogen (secondary N) is 2. The van der Waals surface area contributed by atoms with Crippen LogP contribution in [0.5, 0.6) is 0 Å². The van der Waals surface area contributed by atoms with Gasteiger partial charge in [-0.3, -0.25) is 9.78 Å². The molecule has 1 aliphatic rings. The van der Waals surface area contributed by atoms with Crippen LogP contribution < -0.4 is 16.5 Å². The van der Waals surface area contributed by atoms with Gasteiger partial charge in [-0.1, -0.05) is 13.8 Å². The summed E-state index contributed by atoms with van der Waals surface area (Å²) in [6, 6.07) is 2.74. The predicted molar refractivity (Wildman–Crippen MR) is 97.0 cm³/mol. The number of urea groups is 1. The lowest BCUT2D eigenvalue weighted by molar-refractivity contribution is 0.0993. The van der Waals surface area contributed by atoms with Crippen molar-refractivity contribution in [2.24, 2.45) is 16.3 Å². The second-order valence-corrected chi connectivity index (χ2v) is 7.10. The molecule has 0 saturated carbocycles. The fourth-order valence-corrected chi connectivity index (χ4v) is 3.17. The quantitative estimate of drug-likeness (QED) is 0.732. The second kappa shape index (κ2) is 6.62. The van der Waals surface area contributed by atoms with Gasteiger partial charge in [0.25, 0.3) is 5.91 Å². The van der Waals surface area contributed by atoms with Gasteiger partial charge in [0.2, 0.25) is 0 Å². The molecule has 8 nitrogen and oxygen atoms in total. The van der Waals surface area contributed by atoms with Crippen LogP contribution in [0.4, 0.5) is 10.5 Å². The van der Waals surface area contributed by atoms with Gasteiger partial charge in [0.1, 0.15) is 5.76 Å². The molecule has 0 aromatic carbocycles. The first-order valence-electron chi connectivity index (χ1n) is 8.23. The van der Waals surface area contributed by atoms with E-state index in [-0.39, 0.29) is 17.1 Å². The SMILES string of the molecule is Cc1c(C(=O)Nc2cccnc2)oc2c1/C(=N\NC(N)=O)CC(C)(C)C2. The van der Waals surface area contributed by atoms with E-state index in [1.807, 2.05) is 0 Å². The highest BCUT2D eigenvalue weighted by atomic mass is 16.4. The molecular weight excluding hydrogens is 334 g/mol. The minimum absolute atomic E-state index is 0.119. The van der Waals surface area contributed by atoms with Crippen molar-refractivity contribution < 1.29 is 14.0 Å². The zero-order valence-electron chi connectivity index (χ0n) is 14.9. The topological polar surface area (TPSA) is 123 Å². The molecule has 2 aromatic rings. The summed E-state index contributed by atoms with van der Waals surface area (Å²) in [7, 11) is 0. The molecule has 0 fully saturated rings. The van der Waals surface area contributed by atoms with Crippen molar-refractivity contribution in [1.29, 1.82) is 0 Å². The maximum Gasteiger partial charge on any atom is 0.332 e. The lowest BCUT2D eigenvalue weighted by atomic mass is 9.75. The number of amides is 3. The summed E-state index contributed by atoms with van der Waals surface area (Å²) in [5.41, 5.74) is 9.95. The van der Waals surface area contributed by atoms with E-state index in [0.29, 0.717) is 35.6 Å². The number of aromatic nitrogens is 1. The van der Waals surface area contributed by atoms with Crippen molar-refractivity contribution >= 4 is 23.3 Å². The molecule has 2 aromatic heterocycles. The molecule has 0 aliphatic heterocycles. The van der Waals surface area contributed by atoms with Gasteiger partial charge in [-0.2, -0.15) is 5.10 Å². The van der Waals surface area contributed by atoms with Crippen molar-refractivity contribution in [3.8, 4) is 0 Å². The van der Waals surface area contributed by atoms with Crippen molar-refractivity contribution in [2.45, 2.75) is 33.6 Å². The Labute approximate surface area is 150 Å². The van der Waals surface area contributed by atoms with E-state index < -0.39 is 6.03 Å². The first-order chi connectivity index (χ1) is 12.3. The largest absolute Gasteiger partial charge is 0.455 e. The highest BCUT2D eigenvalue weighted by molar-refractivity contribution is 6.09.